The Morgan fingerprint density at radius 1 is 0.714 bits per heavy atom. The van der Waals surface area contributed by atoms with E-state index in [0.29, 0.717) is 29.0 Å². The number of hydrogen-bond donors (Lipinski definition) is 0. The summed E-state index contributed by atoms with van der Waals surface area (Å²) in [7, 11) is 0. The van der Waals surface area contributed by atoms with Gasteiger partial charge < -0.3 is 9.47 Å². The van der Waals surface area contributed by atoms with Gasteiger partial charge in [0.1, 0.15) is 6.10 Å². The van der Waals surface area contributed by atoms with Crippen LogP contribution in [-0.2, 0) is 15.9 Å². The molecule has 0 heterocycles. The van der Waals surface area contributed by atoms with Gasteiger partial charge in [0, 0.05) is 0 Å². The normalized spacial score (nSPS) is 11.7. The van der Waals surface area contributed by atoms with E-state index in [1.54, 1.807) is 48.5 Å². The Hall–Kier alpha value is -3.73. The molecule has 0 saturated heterocycles. The molecule has 0 aliphatic rings. The van der Waals surface area contributed by atoms with E-state index >= 15 is 0 Å². The number of esters is 3. The SMILES string of the molecule is CCCc1ccc(C(=O)OC(CC)c2cccc(C(=O)OC(=O)c3ccc(C(C)C)cc3)c2)cc1. The van der Waals surface area contributed by atoms with Crippen LogP contribution in [0.1, 0.15) is 100 Å². The molecule has 3 aromatic rings. The predicted octanol–water partition coefficient (Wildman–Crippen LogP) is 7.07. The van der Waals surface area contributed by atoms with Gasteiger partial charge in [0.2, 0.25) is 0 Å². The number of carbonyl (C=O) groups is 3. The smallest absolute Gasteiger partial charge is 0.346 e. The molecular weight excluding hydrogens is 440 g/mol. The van der Waals surface area contributed by atoms with Gasteiger partial charge in [-0.25, -0.2) is 14.4 Å². The first-order valence-electron chi connectivity index (χ1n) is 12.1. The van der Waals surface area contributed by atoms with Crippen molar-refractivity contribution in [3.63, 3.8) is 0 Å². The van der Waals surface area contributed by atoms with Gasteiger partial charge >= 0.3 is 17.9 Å². The van der Waals surface area contributed by atoms with Gasteiger partial charge in [-0.1, -0.05) is 70.5 Å². The first kappa shape index (κ1) is 25.9. The molecule has 182 valence electrons. The van der Waals surface area contributed by atoms with E-state index in [-0.39, 0.29) is 5.56 Å². The van der Waals surface area contributed by atoms with Crippen LogP contribution in [0, 0.1) is 0 Å². The minimum Gasteiger partial charge on any atom is -0.454 e. The summed E-state index contributed by atoms with van der Waals surface area (Å²) < 4.78 is 10.8. The van der Waals surface area contributed by atoms with E-state index in [4.69, 9.17) is 9.47 Å². The lowest BCUT2D eigenvalue weighted by atomic mass is 10.0. The highest BCUT2D eigenvalue weighted by Crippen LogP contribution is 2.24. The lowest BCUT2D eigenvalue weighted by Crippen LogP contribution is -2.15. The van der Waals surface area contributed by atoms with Gasteiger partial charge in [-0.05, 0) is 71.8 Å². The van der Waals surface area contributed by atoms with Crippen molar-refractivity contribution in [2.45, 2.75) is 59.0 Å². The maximum absolute atomic E-state index is 12.7. The van der Waals surface area contributed by atoms with Gasteiger partial charge in [-0.2, -0.15) is 0 Å². The number of aryl methyl sites for hydroxylation is 1. The molecule has 0 saturated carbocycles. The number of benzene rings is 3. The highest BCUT2D eigenvalue weighted by atomic mass is 16.6. The molecule has 3 rings (SSSR count). The van der Waals surface area contributed by atoms with E-state index in [2.05, 4.69) is 20.8 Å². The fourth-order valence-electron chi connectivity index (χ4n) is 3.75. The molecule has 0 spiro atoms. The monoisotopic (exact) mass is 472 g/mol. The fourth-order valence-corrected chi connectivity index (χ4v) is 3.75. The minimum atomic E-state index is -0.752. The van der Waals surface area contributed by atoms with Crippen molar-refractivity contribution in [3.05, 3.63) is 106 Å². The molecule has 0 radical (unpaired) electrons. The zero-order valence-electron chi connectivity index (χ0n) is 20.7. The van der Waals surface area contributed by atoms with Gasteiger partial charge in [0.05, 0.1) is 16.7 Å². The van der Waals surface area contributed by atoms with E-state index in [9.17, 15) is 14.4 Å². The number of carbonyl (C=O) groups excluding carboxylic acids is 3. The van der Waals surface area contributed by atoms with Crippen LogP contribution in [0.3, 0.4) is 0 Å². The van der Waals surface area contributed by atoms with Crippen molar-refractivity contribution in [2.75, 3.05) is 0 Å². The molecule has 0 N–H and O–H groups in total. The van der Waals surface area contributed by atoms with Gasteiger partial charge in [-0.15, -0.1) is 0 Å². The third-order valence-electron chi connectivity index (χ3n) is 5.84. The van der Waals surface area contributed by atoms with E-state index < -0.39 is 24.0 Å². The lowest BCUT2D eigenvalue weighted by Gasteiger charge is -2.17. The Kier molecular flexibility index (Phi) is 8.96. The third-order valence-corrected chi connectivity index (χ3v) is 5.84. The molecule has 0 aliphatic carbocycles. The molecule has 1 atom stereocenters. The van der Waals surface area contributed by atoms with Crippen molar-refractivity contribution in [3.8, 4) is 0 Å². The Balaban J connectivity index is 1.68. The molecule has 0 amide bonds. The van der Waals surface area contributed by atoms with Gasteiger partial charge in [-0.3, -0.25) is 0 Å². The van der Waals surface area contributed by atoms with Crippen molar-refractivity contribution >= 4 is 17.9 Å². The van der Waals surface area contributed by atoms with Crippen LogP contribution >= 0.6 is 0 Å². The van der Waals surface area contributed by atoms with Crippen LogP contribution < -0.4 is 0 Å². The second kappa shape index (κ2) is 12.1. The Morgan fingerprint density at radius 3 is 1.91 bits per heavy atom. The average Bonchev–Trinajstić information content (AvgIpc) is 2.87. The largest absolute Gasteiger partial charge is 0.454 e. The summed E-state index contributed by atoms with van der Waals surface area (Å²) in [5.74, 6) is -1.54. The summed E-state index contributed by atoms with van der Waals surface area (Å²) in [4.78, 5) is 37.8. The predicted molar refractivity (Wildman–Crippen MR) is 136 cm³/mol. The molecule has 5 heteroatoms. The summed E-state index contributed by atoms with van der Waals surface area (Å²) in [6.07, 6.45) is 1.99. The Bertz CT molecular complexity index is 1160. The minimum absolute atomic E-state index is 0.216. The van der Waals surface area contributed by atoms with Crippen molar-refractivity contribution in [1.82, 2.24) is 0 Å². The second-order valence-electron chi connectivity index (χ2n) is 8.83. The van der Waals surface area contributed by atoms with Gasteiger partial charge in [0.15, 0.2) is 0 Å². The number of ether oxygens (including phenoxy) is 2. The molecule has 3 aromatic carbocycles. The van der Waals surface area contributed by atoms with Crippen LogP contribution in [0.5, 0.6) is 0 Å². The van der Waals surface area contributed by atoms with Crippen LogP contribution in [0.15, 0.2) is 72.8 Å². The topological polar surface area (TPSA) is 69.7 Å². The van der Waals surface area contributed by atoms with E-state index in [0.717, 1.165) is 18.4 Å². The van der Waals surface area contributed by atoms with Crippen LogP contribution in [0.4, 0.5) is 0 Å². The molecule has 0 aromatic heterocycles. The second-order valence-corrected chi connectivity index (χ2v) is 8.83. The third kappa shape index (κ3) is 6.89. The van der Waals surface area contributed by atoms with E-state index in [1.807, 2.05) is 31.2 Å². The lowest BCUT2D eigenvalue weighted by molar-refractivity contribution is 0.0287. The van der Waals surface area contributed by atoms with Crippen LogP contribution in [0.2, 0.25) is 0 Å². The zero-order valence-corrected chi connectivity index (χ0v) is 20.7. The van der Waals surface area contributed by atoms with Crippen molar-refractivity contribution < 1.29 is 23.9 Å². The molecule has 35 heavy (non-hydrogen) atoms. The molecule has 5 nitrogen and oxygen atoms in total. The number of rotatable bonds is 9. The fraction of sp³-hybridized carbons (Fsp3) is 0.300. The Labute approximate surface area is 207 Å². The average molecular weight is 473 g/mol. The van der Waals surface area contributed by atoms with Gasteiger partial charge in [0.25, 0.3) is 0 Å². The standard InChI is InChI=1S/C30H32O5/c1-5-8-21-11-13-23(14-12-21)28(31)34-27(6-2)25-9-7-10-26(19-25)30(33)35-29(32)24-17-15-22(16-18-24)20(3)4/h7,9-20,27H,5-6,8H2,1-4H3. The summed E-state index contributed by atoms with van der Waals surface area (Å²) >= 11 is 0. The molecular formula is C30H32O5. The highest BCUT2D eigenvalue weighted by Gasteiger charge is 2.20. The summed E-state index contributed by atoms with van der Waals surface area (Å²) in [5.41, 5.74) is 3.93. The molecule has 0 aliphatic heterocycles. The van der Waals surface area contributed by atoms with Crippen molar-refractivity contribution in [2.24, 2.45) is 0 Å². The molecule has 1 unspecified atom stereocenters. The van der Waals surface area contributed by atoms with Crippen LogP contribution in [0.25, 0.3) is 0 Å². The summed E-state index contributed by atoms with van der Waals surface area (Å²) in [6.45, 7) is 8.14. The number of hydrogen-bond acceptors (Lipinski definition) is 5. The first-order chi connectivity index (χ1) is 16.8. The summed E-state index contributed by atoms with van der Waals surface area (Å²) in [6, 6.07) is 21.1. The van der Waals surface area contributed by atoms with Crippen molar-refractivity contribution in [1.29, 1.82) is 0 Å². The van der Waals surface area contributed by atoms with Crippen LogP contribution in [-0.4, -0.2) is 17.9 Å². The summed E-state index contributed by atoms with van der Waals surface area (Å²) in [5, 5.41) is 0. The first-order valence-corrected chi connectivity index (χ1v) is 12.1. The Morgan fingerprint density at radius 2 is 1.31 bits per heavy atom. The van der Waals surface area contributed by atoms with E-state index in [1.165, 1.54) is 5.56 Å². The molecule has 0 bridgehead atoms. The maximum Gasteiger partial charge on any atom is 0.346 e. The quantitative estimate of drug-likeness (QED) is 0.246. The highest BCUT2D eigenvalue weighted by molar-refractivity contribution is 6.02. The maximum atomic E-state index is 12.7. The zero-order chi connectivity index (χ0) is 25.4. The molecule has 0 fully saturated rings.